The van der Waals surface area contributed by atoms with Crippen molar-refractivity contribution >= 4 is 5.91 Å². The molecule has 122 valence electrons. The molecule has 2 aromatic heterocycles. The van der Waals surface area contributed by atoms with Gasteiger partial charge in [0.1, 0.15) is 12.6 Å². The first kappa shape index (κ1) is 14.4. The predicted molar refractivity (Wildman–Crippen MR) is 81.7 cm³/mol. The van der Waals surface area contributed by atoms with Crippen LogP contribution in [0, 0.1) is 0 Å². The lowest BCUT2D eigenvalue weighted by Gasteiger charge is -2.22. The Balaban J connectivity index is 1.55. The van der Waals surface area contributed by atoms with Gasteiger partial charge < -0.3 is 13.9 Å². The Morgan fingerprint density at radius 2 is 2.09 bits per heavy atom. The highest BCUT2D eigenvalue weighted by molar-refractivity contribution is 5.92. The molecule has 0 radical (unpaired) electrons. The fourth-order valence-electron chi connectivity index (χ4n) is 3.77. The summed E-state index contributed by atoms with van der Waals surface area (Å²) < 4.78 is 7.47. The van der Waals surface area contributed by atoms with Gasteiger partial charge >= 0.3 is 0 Å². The molecular formula is C16H21N5O2. The number of oxazole rings is 1. The summed E-state index contributed by atoms with van der Waals surface area (Å²) in [5.41, 5.74) is 0.418. The molecule has 0 aromatic carbocycles. The molecule has 1 amide bonds. The number of aromatic nitrogens is 4. The van der Waals surface area contributed by atoms with E-state index in [4.69, 9.17) is 4.42 Å². The summed E-state index contributed by atoms with van der Waals surface area (Å²) in [7, 11) is 1.91. The van der Waals surface area contributed by atoms with Crippen molar-refractivity contribution in [3.8, 4) is 0 Å². The van der Waals surface area contributed by atoms with Crippen LogP contribution in [0.1, 0.15) is 72.7 Å². The van der Waals surface area contributed by atoms with Crippen molar-refractivity contribution < 1.29 is 9.21 Å². The van der Waals surface area contributed by atoms with E-state index < -0.39 is 0 Å². The molecule has 7 heteroatoms. The van der Waals surface area contributed by atoms with E-state index in [-0.39, 0.29) is 11.9 Å². The molecule has 1 aliphatic carbocycles. The molecule has 2 fully saturated rings. The highest BCUT2D eigenvalue weighted by Gasteiger charge is 2.35. The van der Waals surface area contributed by atoms with Crippen LogP contribution in [0.15, 0.2) is 17.0 Å². The Morgan fingerprint density at radius 3 is 2.83 bits per heavy atom. The lowest BCUT2D eigenvalue weighted by molar-refractivity contribution is 0.0722. The minimum Gasteiger partial charge on any atom is -0.448 e. The van der Waals surface area contributed by atoms with E-state index >= 15 is 0 Å². The second kappa shape index (κ2) is 5.79. The zero-order chi connectivity index (χ0) is 15.8. The summed E-state index contributed by atoms with van der Waals surface area (Å²) in [6, 6.07) is -0.0263. The fraction of sp³-hybridized carbons (Fsp3) is 0.625. The van der Waals surface area contributed by atoms with Gasteiger partial charge in [-0.25, -0.2) is 4.98 Å². The maximum Gasteiger partial charge on any atom is 0.276 e. The van der Waals surface area contributed by atoms with Crippen LogP contribution in [0.25, 0.3) is 0 Å². The van der Waals surface area contributed by atoms with Gasteiger partial charge in [-0.1, -0.05) is 12.8 Å². The Bertz CT molecular complexity index is 701. The molecule has 3 heterocycles. The second-order valence-corrected chi connectivity index (χ2v) is 6.51. The summed E-state index contributed by atoms with van der Waals surface area (Å²) in [5.74, 6) is 1.86. The number of rotatable bonds is 3. The van der Waals surface area contributed by atoms with E-state index in [1.165, 1.54) is 19.1 Å². The number of carbonyl (C=O) groups is 1. The lowest BCUT2D eigenvalue weighted by Crippen LogP contribution is -2.32. The van der Waals surface area contributed by atoms with Gasteiger partial charge in [-0.15, -0.1) is 10.2 Å². The summed E-state index contributed by atoms with van der Waals surface area (Å²) in [4.78, 5) is 19.2. The van der Waals surface area contributed by atoms with Crippen LogP contribution in [0.3, 0.4) is 0 Å². The van der Waals surface area contributed by atoms with Crippen molar-refractivity contribution in [3.63, 3.8) is 0 Å². The first-order valence-electron chi connectivity index (χ1n) is 8.34. The van der Waals surface area contributed by atoms with Gasteiger partial charge in [0, 0.05) is 19.5 Å². The Labute approximate surface area is 134 Å². The van der Waals surface area contributed by atoms with Gasteiger partial charge in [0.2, 0.25) is 0 Å². The van der Waals surface area contributed by atoms with Crippen molar-refractivity contribution in [2.75, 3.05) is 6.54 Å². The maximum absolute atomic E-state index is 12.8. The van der Waals surface area contributed by atoms with E-state index in [9.17, 15) is 4.79 Å². The molecule has 1 atom stereocenters. The summed E-state index contributed by atoms with van der Waals surface area (Å²) in [6.07, 6.45) is 9.72. The third-order valence-electron chi connectivity index (χ3n) is 5.00. The van der Waals surface area contributed by atoms with Gasteiger partial charge in [0.15, 0.2) is 17.4 Å². The Hall–Kier alpha value is -2.18. The summed E-state index contributed by atoms with van der Waals surface area (Å²) in [6.45, 7) is 0.724. The van der Waals surface area contributed by atoms with Crippen LogP contribution in [-0.4, -0.2) is 37.1 Å². The van der Waals surface area contributed by atoms with Crippen molar-refractivity contribution in [2.45, 2.75) is 50.5 Å². The molecule has 7 nitrogen and oxygen atoms in total. The predicted octanol–water partition coefficient (Wildman–Crippen LogP) is 2.44. The number of hydrogen-bond acceptors (Lipinski definition) is 5. The number of nitrogens with zero attached hydrogens (tertiary/aromatic N) is 5. The standard InChI is InChI=1S/C16H21N5O2/c1-20-10-17-19-14(20)13-7-4-8-21(13)16(22)12-9-23-15(18-12)11-5-2-3-6-11/h9-11,13H,2-8H2,1H3. The van der Waals surface area contributed by atoms with Crippen LogP contribution in [0.2, 0.25) is 0 Å². The number of amides is 1. The minimum absolute atomic E-state index is 0.0263. The van der Waals surface area contributed by atoms with Gasteiger partial charge in [-0.05, 0) is 25.7 Å². The third kappa shape index (κ3) is 2.54. The molecule has 1 saturated heterocycles. The molecule has 1 aliphatic heterocycles. The fourth-order valence-corrected chi connectivity index (χ4v) is 3.77. The molecule has 2 aliphatic rings. The van der Waals surface area contributed by atoms with Gasteiger partial charge in [0.25, 0.3) is 5.91 Å². The minimum atomic E-state index is -0.0662. The Morgan fingerprint density at radius 1 is 1.26 bits per heavy atom. The Kier molecular flexibility index (Phi) is 3.63. The van der Waals surface area contributed by atoms with Crippen LogP contribution < -0.4 is 0 Å². The first-order valence-corrected chi connectivity index (χ1v) is 8.34. The van der Waals surface area contributed by atoms with Gasteiger partial charge in [-0.3, -0.25) is 4.79 Å². The van der Waals surface area contributed by atoms with E-state index in [1.807, 2.05) is 16.5 Å². The highest BCUT2D eigenvalue weighted by Crippen LogP contribution is 2.35. The van der Waals surface area contributed by atoms with Crippen molar-refractivity contribution in [1.82, 2.24) is 24.6 Å². The van der Waals surface area contributed by atoms with Gasteiger partial charge in [0.05, 0.1) is 6.04 Å². The van der Waals surface area contributed by atoms with E-state index in [0.717, 1.165) is 43.9 Å². The molecule has 0 N–H and O–H groups in total. The van der Waals surface area contributed by atoms with E-state index in [2.05, 4.69) is 15.2 Å². The monoisotopic (exact) mass is 315 g/mol. The van der Waals surface area contributed by atoms with Crippen molar-refractivity contribution in [3.05, 3.63) is 30.0 Å². The molecule has 0 bridgehead atoms. The molecule has 1 saturated carbocycles. The normalized spacial score (nSPS) is 22.1. The van der Waals surface area contributed by atoms with Crippen LogP contribution in [-0.2, 0) is 7.05 Å². The summed E-state index contributed by atoms with van der Waals surface area (Å²) in [5, 5.41) is 8.10. The number of aryl methyl sites for hydroxylation is 1. The average molecular weight is 315 g/mol. The number of likely N-dealkylation sites (tertiary alicyclic amines) is 1. The molecule has 23 heavy (non-hydrogen) atoms. The molecule has 4 rings (SSSR count). The van der Waals surface area contributed by atoms with Crippen LogP contribution >= 0.6 is 0 Å². The second-order valence-electron chi connectivity index (χ2n) is 6.51. The zero-order valence-corrected chi connectivity index (χ0v) is 13.3. The van der Waals surface area contributed by atoms with E-state index in [0.29, 0.717) is 11.6 Å². The largest absolute Gasteiger partial charge is 0.448 e. The zero-order valence-electron chi connectivity index (χ0n) is 13.3. The van der Waals surface area contributed by atoms with Crippen LogP contribution in [0.5, 0.6) is 0 Å². The SMILES string of the molecule is Cn1cnnc1C1CCCN1C(=O)c1coc(C2CCCC2)n1. The van der Waals surface area contributed by atoms with E-state index in [1.54, 1.807) is 6.33 Å². The highest BCUT2D eigenvalue weighted by atomic mass is 16.3. The molecule has 2 aromatic rings. The molecule has 0 spiro atoms. The average Bonchev–Trinajstić information content (AvgIpc) is 3.31. The first-order chi connectivity index (χ1) is 11.2. The van der Waals surface area contributed by atoms with Crippen molar-refractivity contribution in [2.24, 2.45) is 7.05 Å². The molecular weight excluding hydrogens is 294 g/mol. The van der Waals surface area contributed by atoms with Crippen molar-refractivity contribution in [1.29, 1.82) is 0 Å². The third-order valence-corrected chi connectivity index (χ3v) is 5.00. The van der Waals surface area contributed by atoms with Crippen LogP contribution in [0.4, 0.5) is 0 Å². The quantitative estimate of drug-likeness (QED) is 0.869. The lowest BCUT2D eigenvalue weighted by atomic mass is 10.1. The number of hydrogen-bond donors (Lipinski definition) is 0. The topological polar surface area (TPSA) is 77.0 Å². The smallest absolute Gasteiger partial charge is 0.276 e. The van der Waals surface area contributed by atoms with Gasteiger partial charge in [-0.2, -0.15) is 0 Å². The summed E-state index contributed by atoms with van der Waals surface area (Å²) >= 11 is 0. The number of carbonyl (C=O) groups excluding carboxylic acids is 1. The molecule has 1 unspecified atom stereocenters. The maximum atomic E-state index is 12.8.